The lowest BCUT2D eigenvalue weighted by molar-refractivity contribution is 0.526. The first-order chi connectivity index (χ1) is 9.34. The summed E-state index contributed by atoms with van der Waals surface area (Å²) < 4.78 is 13.5. The van der Waals surface area contributed by atoms with E-state index < -0.39 is 0 Å². The average Bonchev–Trinajstić information content (AvgIpc) is 2.85. The SMILES string of the molecule is Fc1ccccc1CCNC1CCc2ccccc21. The fraction of sp³-hybridized carbons (Fsp3) is 0.294. The number of fused-ring (bicyclic) bond motifs is 1. The van der Waals surface area contributed by atoms with Gasteiger partial charge in [0.05, 0.1) is 0 Å². The zero-order valence-electron chi connectivity index (χ0n) is 10.9. The first-order valence-electron chi connectivity index (χ1n) is 6.89. The molecule has 0 spiro atoms. The smallest absolute Gasteiger partial charge is 0.126 e. The number of hydrogen-bond acceptors (Lipinski definition) is 1. The van der Waals surface area contributed by atoms with Gasteiger partial charge in [0.2, 0.25) is 0 Å². The van der Waals surface area contributed by atoms with E-state index in [1.165, 1.54) is 17.2 Å². The highest BCUT2D eigenvalue weighted by molar-refractivity contribution is 5.34. The van der Waals surface area contributed by atoms with Crippen LogP contribution in [0.3, 0.4) is 0 Å². The van der Waals surface area contributed by atoms with Crippen LogP contribution in [0, 0.1) is 5.82 Å². The molecule has 0 saturated heterocycles. The predicted octanol–water partition coefficient (Wildman–Crippen LogP) is 3.65. The Kier molecular flexibility index (Phi) is 3.60. The standard InChI is InChI=1S/C17H18FN/c18-16-8-4-2-6-14(16)11-12-19-17-10-9-13-5-1-3-7-15(13)17/h1-8,17,19H,9-12H2. The molecule has 0 fully saturated rings. The maximum atomic E-state index is 13.5. The zero-order valence-corrected chi connectivity index (χ0v) is 10.9. The molecule has 0 radical (unpaired) electrons. The van der Waals surface area contributed by atoms with Crippen molar-refractivity contribution in [2.45, 2.75) is 25.3 Å². The molecule has 1 aliphatic rings. The van der Waals surface area contributed by atoms with Crippen LogP contribution in [0.1, 0.15) is 29.2 Å². The molecule has 2 aromatic rings. The average molecular weight is 255 g/mol. The van der Waals surface area contributed by atoms with Crippen molar-refractivity contribution < 1.29 is 4.39 Å². The summed E-state index contributed by atoms with van der Waals surface area (Å²) in [7, 11) is 0. The van der Waals surface area contributed by atoms with Crippen molar-refractivity contribution in [3.05, 3.63) is 71.0 Å². The van der Waals surface area contributed by atoms with Crippen LogP contribution in [-0.4, -0.2) is 6.54 Å². The van der Waals surface area contributed by atoms with Crippen molar-refractivity contribution >= 4 is 0 Å². The number of benzene rings is 2. The van der Waals surface area contributed by atoms with Crippen molar-refractivity contribution in [1.29, 1.82) is 0 Å². The third-order valence-corrected chi connectivity index (χ3v) is 3.88. The van der Waals surface area contributed by atoms with Crippen molar-refractivity contribution in [1.82, 2.24) is 5.32 Å². The van der Waals surface area contributed by atoms with Gasteiger partial charge in [-0.1, -0.05) is 42.5 Å². The highest BCUT2D eigenvalue weighted by atomic mass is 19.1. The molecule has 0 saturated carbocycles. The quantitative estimate of drug-likeness (QED) is 0.879. The van der Waals surface area contributed by atoms with Gasteiger partial charge in [-0.25, -0.2) is 4.39 Å². The molecular weight excluding hydrogens is 237 g/mol. The van der Waals surface area contributed by atoms with Crippen molar-refractivity contribution in [3.63, 3.8) is 0 Å². The van der Waals surface area contributed by atoms with Crippen molar-refractivity contribution in [3.8, 4) is 0 Å². The molecule has 1 unspecified atom stereocenters. The molecule has 1 nitrogen and oxygen atoms in total. The van der Waals surface area contributed by atoms with Gasteiger partial charge < -0.3 is 5.32 Å². The van der Waals surface area contributed by atoms with Crippen LogP contribution in [0.4, 0.5) is 4.39 Å². The predicted molar refractivity (Wildman–Crippen MR) is 75.6 cm³/mol. The summed E-state index contributed by atoms with van der Waals surface area (Å²) in [4.78, 5) is 0. The maximum Gasteiger partial charge on any atom is 0.126 e. The molecule has 0 bridgehead atoms. The Morgan fingerprint density at radius 1 is 1.05 bits per heavy atom. The second kappa shape index (κ2) is 5.54. The van der Waals surface area contributed by atoms with E-state index in [4.69, 9.17) is 0 Å². The largest absolute Gasteiger partial charge is 0.310 e. The van der Waals surface area contributed by atoms with Crippen LogP contribution in [0.2, 0.25) is 0 Å². The molecule has 3 rings (SSSR count). The van der Waals surface area contributed by atoms with Crippen LogP contribution < -0.4 is 5.32 Å². The highest BCUT2D eigenvalue weighted by Gasteiger charge is 2.20. The van der Waals surface area contributed by atoms with E-state index in [0.29, 0.717) is 6.04 Å². The van der Waals surface area contributed by atoms with E-state index in [-0.39, 0.29) is 5.82 Å². The van der Waals surface area contributed by atoms with Gasteiger partial charge in [0.1, 0.15) is 5.82 Å². The Hall–Kier alpha value is -1.67. The highest BCUT2D eigenvalue weighted by Crippen LogP contribution is 2.30. The Bertz CT molecular complexity index is 565. The first kappa shape index (κ1) is 12.4. The number of hydrogen-bond donors (Lipinski definition) is 1. The summed E-state index contributed by atoms with van der Waals surface area (Å²) in [5.41, 5.74) is 3.66. The molecule has 19 heavy (non-hydrogen) atoms. The van der Waals surface area contributed by atoms with Gasteiger partial charge in [-0.3, -0.25) is 0 Å². The van der Waals surface area contributed by atoms with Gasteiger partial charge in [-0.15, -0.1) is 0 Å². The Balaban J connectivity index is 1.58. The number of halogens is 1. The first-order valence-corrected chi connectivity index (χ1v) is 6.89. The molecule has 1 N–H and O–H groups in total. The fourth-order valence-electron chi connectivity index (χ4n) is 2.85. The van der Waals surface area contributed by atoms with Crippen LogP contribution in [0.5, 0.6) is 0 Å². The van der Waals surface area contributed by atoms with Crippen LogP contribution in [0.25, 0.3) is 0 Å². The van der Waals surface area contributed by atoms with E-state index >= 15 is 0 Å². The van der Waals surface area contributed by atoms with Gasteiger partial charge in [-0.2, -0.15) is 0 Å². The summed E-state index contributed by atoms with van der Waals surface area (Å²) in [5, 5.41) is 3.55. The van der Waals surface area contributed by atoms with Crippen LogP contribution in [0.15, 0.2) is 48.5 Å². The van der Waals surface area contributed by atoms with Gasteiger partial charge in [0.15, 0.2) is 0 Å². The molecule has 98 valence electrons. The third-order valence-electron chi connectivity index (χ3n) is 3.88. The van der Waals surface area contributed by atoms with Gasteiger partial charge in [0, 0.05) is 6.04 Å². The normalized spacial score (nSPS) is 17.4. The topological polar surface area (TPSA) is 12.0 Å². The number of aryl methyl sites for hydroxylation is 1. The minimum Gasteiger partial charge on any atom is -0.310 e. The summed E-state index contributed by atoms with van der Waals surface area (Å²) >= 11 is 0. The fourth-order valence-corrected chi connectivity index (χ4v) is 2.85. The molecule has 2 heteroatoms. The Morgan fingerprint density at radius 2 is 1.84 bits per heavy atom. The molecule has 0 aromatic heterocycles. The van der Waals surface area contributed by atoms with E-state index in [9.17, 15) is 4.39 Å². The summed E-state index contributed by atoms with van der Waals surface area (Å²) in [6, 6.07) is 16.0. The monoisotopic (exact) mass is 255 g/mol. The Labute approximate surface area is 113 Å². The molecule has 0 aliphatic heterocycles. The van der Waals surface area contributed by atoms with E-state index in [1.807, 2.05) is 12.1 Å². The van der Waals surface area contributed by atoms with Crippen molar-refractivity contribution in [2.24, 2.45) is 0 Å². The number of nitrogens with one attached hydrogen (secondary N) is 1. The second-order valence-electron chi connectivity index (χ2n) is 5.09. The van der Waals surface area contributed by atoms with Gasteiger partial charge in [-0.05, 0) is 48.6 Å². The second-order valence-corrected chi connectivity index (χ2v) is 5.09. The van der Waals surface area contributed by atoms with Gasteiger partial charge >= 0.3 is 0 Å². The summed E-state index contributed by atoms with van der Waals surface area (Å²) in [5.74, 6) is -0.101. The van der Waals surface area contributed by atoms with Crippen LogP contribution >= 0.6 is 0 Å². The van der Waals surface area contributed by atoms with Crippen LogP contribution in [-0.2, 0) is 12.8 Å². The Morgan fingerprint density at radius 3 is 2.74 bits per heavy atom. The lowest BCUT2D eigenvalue weighted by atomic mass is 10.1. The van der Waals surface area contributed by atoms with E-state index in [0.717, 1.165) is 31.4 Å². The van der Waals surface area contributed by atoms with Crippen molar-refractivity contribution in [2.75, 3.05) is 6.54 Å². The number of rotatable bonds is 4. The molecule has 0 heterocycles. The summed E-state index contributed by atoms with van der Waals surface area (Å²) in [6.07, 6.45) is 3.04. The van der Waals surface area contributed by atoms with Gasteiger partial charge in [0.25, 0.3) is 0 Å². The minimum absolute atomic E-state index is 0.101. The minimum atomic E-state index is -0.101. The summed E-state index contributed by atoms with van der Waals surface area (Å²) in [6.45, 7) is 0.819. The molecule has 1 aliphatic carbocycles. The lowest BCUT2D eigenvalue weighted by Crippen LogP contribution is -2.22. The molecular formula is C17H18FN. The third kappa shape index (κ3) is 2.69. The lowest BCUT2D eigenvalue weighted by Gasteiger charge is -2.14. The van der Waals surface area contributed by atoms with E-state index in [2.05, 4.69) is 29.6 Å². The molecule has 0 amide bonds. The molecule has 2 aromatic carbocycles. The molecule has 1 atom stereocenters. The van der Waals surface area contributed by atoms with E-state index in [1.54, 1.807) is 6.07 Å². The zero-order chi connectivity index (χ0) is 13.1. The maximum absolute atomic E-state index is 13.5.